The zero-order chi connectivity index (χ0) is 21.4. The second-order valence-electron chi connectivity index (χ2n) is 7.32. The number of esters is 1. The van der Waals surface area contributed by atoms with Gasteiger partial charge in [-0.3, -0.25) is 14.9 Å². The molecule has 2 aromatic heterocycles. The maximum atomic E-state index is 13.1. The number of fused-ring (bicyclic) bond motifs is 5. The topological polar surface area (TPSA) is 125 Å². The Morgan fingerprint density at radius 3 is 2.83 bits per heavy atom. The second-order valence-corrected chi connectivity index (χ2v) is 7.73. The molecule has 1 atom stereocenters. The minimum absolute atomic E-state index is 0.0394. The van der Waals surface area contributed by atoms with Crippen molar-refractivity contribution in [3.63, 3.8) is 0 Å². The van der Waals surface area contributed by atoms with E-state index >= 15 is 0 Å². The molecule has 9 nitrogen and oxygen atoms in total. The van der Waals surface area contributed by atoms with Crippen LogP contribution < -0.4 is 5.56 Å². The molecule has 1 unspecified atom stereocenters. The lowest BCUT2D eigenvalue weighted by atomic mass is 9.86. The molecule has 0 fully saturated rings. The largest absolute Gasteiger partial charge is 0.458 e. The standard InChI is InChI=1S/C20H14ClN3O6/c1-2-20(27)12-6-15-16-9(7-23(15)18(25)11(12)8-30-19(20)26)5-10-14(24(28)29)4-3-13(21)17(10)22-16/h3-6,27H,2,7-8H2,1H3. The highest BCUT2D eigenvalue weighted by Crippen LogP contribution is 2.40. The molecule has 4 heterocycles. The van der Waals surface area contributed by atoms with Crippen molar-refractivity contribution in [3.8, 4) is 11.4 Å². The van der Waals surface area contributed by atoms with Gasteiger partial charge in [-0.15, -0.1) is 0 Å². The Kier molecular flexibility index (Phi) is 3.80. The molecule has 0 radical (unpaired) electrons. The lowest BCUT2D eigenvalue weighted by Gasteiger charge is -2.31. The Bertz CT molecular complexity index is 1370. The van der Waals surface area contributed by atoms with Crippen LogP contribution in [0.5, 0.6) is 0 Å². The molecule has 0 saturated heterocycles. The number of cyclic esters (lactones) is 1. The fourth-order valence-electron chi connectivity index (χ4n) is 4.18. The number of nitro groups is 1. The highest BCUT2D eigenvalue weighted by molar-refractivity contribution is 6.35. The number of nitrogens with zero attached hydrogens (tertiary/aromatic N) is 3. The van der Waals surface area contributed by atoms with E-state index in [0.717, 1.165) is 0 Å². The number of pyridine rings is 2. The number of aliphatic hydroxyl groups is 1. The third-order valence-electron chi connectivity index (χ3n) is 5.80. The van der Waals surface area contributed by atoms with Crippen molar-refractivity contribution in [1.29, 1.82) is 0 Å². The number of carbonyl (C=O) groups is 1. The molecule has 0 spiro atoms. The average molecular weight is 428 g/mol. The third kappa shape index (κ3) is 2.30. The summed E-state index contributed by atoms with van der Waals surface area (Å²) in [6.45, 7) is 1.56. The SMILES string of the molecule is CCC1(O)C(=O)OCc2c1cc1n(c2=O)Cc2cc3c([N+](=O)[O-])ccc(Cl)c3nc2-1. The van der Waals surface area contributed by atoms with Crippen LogP contribution >= 0.6 is 11.6 Å². The van der Waals surface area contributed by atoms with E-state index in [0.29, 0.717) is 17.0 Å². The zero-order valence-corrected chi connectivity index (χ0v) is 16.4. The number of hydrogen-bond acceptors (Lipinski definition) is 7. The van der Waals surface area contributed by atoms with Gasteiger partial charge >= 0.3 is 5.97 Å². The van der Waals surface area contributed by atoms with Gasteiger partial charge in [-0.1, -0.05) is 18.5 Å². The van der Waals surface area contributed by atoms with Crippen molar-refractivity contribution in [2.45, 2.75) is 32.1 Å². The van der Waals surface area contributed by atoms with Crippen LogP contribution in [0.25, 0.3) is 22.3 Å². The Labute approximate surface area is 173 Å². The number of nitro benzene ring substituents is 1. The summed E-state index contributed by atoms with van der Waals surface area (Å²) in [4.78, 5) is 40.8. The molecular formula is C20H14ClN3O6. The lowest BCUT2D eigenvalue weighted by Crippen LogP contribution is -2.44. The van der Waals surface area contributed by atoms with Crippen molar-refractivity contribution < 1.29 is 19.6 Å². The molecule has 1 aromatic carbocycles. The van der Waals surface area contributed by atoms with Gasteiger partial charge in [0.1, 0.15) is 6.61 Å². The summed E-state index contributed by atoms with van der Waals surface area (Å²) >= 11 is 6.24. The number of benzene rings is 1. The summed E-state index contributed by atoms with van der Waals surface area (Å²) in [5, 5.41) is 22.8. The molecule has 0 saturated carbocycles. The van der Waals surface area contributed by atoms with Gasteiger partial charge in [0.05, 0.1) is 44.3 Å². The van der Waals surface area contributed by atoms with Crippen molar-refractivity contribution in [3.05, 3.63) is 66.4 Å². The third-order valence-corrected chi connectivity index (χ3v) is 6.11. The number of non-ortho nitro benzene ring substituents is 1. The van der Waals surface area contributed by atoms with E-state index in [1.807, 2.05) is 0 Å². The van der Waals surface area contributed by atoms with Crippen LogP contribution in [0.2, 0.25) is 5.02 Å². The summed E-state index contributed by atoms with van der Waals surface area (Å²) in [5.41, 5.74) is -0.328. The van der Waals surface area contributed by atoms with Crippen LogP contribution in [-0.2, 0) is 28.3 Å². The number of carbonyl (C=O) groups excluding carboxylic acids is 1. The molecule has 3 aromatic rings. The maximum absolute atomic E-state index is 13.1. The van der Waals surface area contributed by atoms with E-state index in [-0.39, 0.29) is 52.3 Å². The van der Waals surface area contributed by atoms with Crippen LogP contribution in [-0.4, -0.2) is 25.6 Å². The molecule has 152 valence electrons. The predicted molar refractivity (Wildman–Crippen MR) is 106 cm³/mol. The summed E-state index contributed by atoms with van der Waals surface area (Å²) in [6, 6.07) is 5.91. The van der Waals surface area contributed by atoms with Gasteiger partial charge in [0.25, 0.3) is 11.2 Å². The second kappa shape index (κ2) is 6.10. The van der Waals surface area contributed by atoms with Crippen molar-refractivity contribution in [2.24, 2.45) is 0 Å². The summed E-state index contributed by atoms with van der Waals surface area (Å²) in [6.07, 6.45) is 0.0394. The molecule has 30 heavy (non-hydrogen) atoms. The molecular weight excluding hydrogens is 414 g/mol. The Morgan fingerprint density at radius 2 is 2.13 bits per heavy atom. The zero-order valence-electron chi connectivity index (χ0n) is 15.6. The first-order valence-electron chi connectivity index (χ1n) is 9.20. The van der Waals surface area contributed by atoms with Crippen molar-refractivity contribution in [2.75, 3.05) is 0 Å². The number of aromatic nitrogens is 2. The maximum Gasteiger partial charge on any atom is 0.343 e. The monoisotopic (exact) mass is 427 g/mol. The fraction of sp³-hybridized carbons (Fsp3) is 0.250. The fourth-order valence-corrected chi connectivity index (χ4v) is 4.38. The van der Waals surface area contributed by atoms with Crippen LogP contribution in [0, 0.1) is 10.1 Å². The van der Waals surface area contributed by atoms with Gasteiger partial charge in [-0.05, 0) is 24.6 Å². The smallest absolute Gasteiger partial charge is 0.343 e. The molecule has 2 aliphatic heterocycles. The normalized spacial score (nSPS) is 19.2. The Balaban J connectivity index is 1.82. The predicted octanol–water partition coefficient (Wildman–Crippen LogP) is 2.64. The van der Waals surface area contributed by atoms with E-state index in [4.69, 9.17) is 16.3 Å². The average Bonchev–Trinajstić information content (AvgIpc) is 3.08. The highest BCUT2D eigenvalue weighted by atomic mass is 35.5. The minimum Gasteiger partial charge on any atom is -0.458 e. The molecule has 2 aliphatic rings. The van der Waals surface area contributed by atoms with Crippen LogP contribution in [0.15, 0.2) is 29.1 Å². The highest BCUT2D eigenvalue weighted by Gasteiger charge is 2.45. The van der Waals surface area contributed by atoms with Gasteiger partial charge in [0.2, 0.25) is 0 Å². The molecule has 0 aliphatic carbocycles. The molecule has 5 rings (SSSR count). The summed E-state index contributed by atoms with van der Waals surface area (Å²) in [5.74, 6) is -0.801. The van der Waals surface area contributed by atoms with Gasteiger partial charge in [0.15, 0.2) is 5.60 Å². The molecule has 0 bridgehead atoms. The number of halogens is 1. The van der Waals surface area contributed by atoms with Gasteiger partial charge in [0, 0.05) is 17.2 Å². The van der Waals surface area contributed by atoms with Gasteiger partial charge < -0.3 is 14.4 Å². The number of ether oxygens (including phenoxy) is 1. The van der Waals surface area contributed by atoms with Crippen molar-refractivity contribution >= 4 is 34.2 Å². The Morgan fingerprint density at radius 1 is 1.37 bits per heavy atom. The molecule has 10 heteroatoms. The summed E-state index contributed by atoms with van der Waals surface area (Å²) in [7, 11) is 0. The lowest BCUT2D eigenvalue weighted by molar-refractivity contribution is -0.383. The molecule has 0 amide bonds. The van der Waals surface area contributed by atoms with E-state index in [2.05, 4.69) is 4.98 Å². The van der Waals surface area contributed by atoms with E-state index in [1.165, 1.54) is 16.7 Å². The number of rotatable bonds is 2. The van der Waals surface area contributed by atoms with Gasteiger partial charge in [-0.25, -0.2) is 9.78 Å². The first-order valence-corrected chi connectivity index (χ1v) is 9.57. The molecule has 1 N–H and O–H groups in total. The van der Waals surface area contributed by atoms with Crippen molar-refractivity contribution in [1.82, 2.24) is 9.55 Å². The van der Waals surface area contributed by atoms with E-state index in [9.17, 15) is 24.8 Å². The first-order chi connectivity index (χ1) is 14.3. The van der Waals surface area contributed by atoms with Crippen LogP contribution in [0.4, 0.5) is 5.69 Å². The van der Waals surface area contributed by atoms with Crippen LogP contribution in [0.3, 0.4) is 0 Å². The number of hydrogen-bond donors (Lipinski definition) is 1. The van der Waals surface area contributed by atoms with E-state index < -0.39 is 22.1 Å². The quantitative estimate of drug-likeness (QED) is 0.296. The first kappa shape index (κ1) is 18.7. The van der Waals surface area contributed by atoms with E-state index in [1.54, 1.807) is 19.1 Å². The van der Waals surface area contributed by atoms with Gasteiger partial charge in [-0.2, -0.15) is 0 Å². The Hall–Kier alpha value is -3.30. The van der Waals surface area contributed by atoms with Crippen LogP contribution in [0.1, 0.15) is 30.0 Å². The minimum atomic E-state index is -1.92. The summed E-state index contributed by atoms with van der Waals surface area (Å²) < 4.78 is 6.50.